The molecule has 10 heteroatoms. The highest BCUT2D eigenvalue weighted by molar-refractivity contribution is 7.91. The smallest absolute Gasteiger partial charge is 0.406 e. The number of hydrogen-bond donors (Lipinski definition) is 0. The number of alkyl halides is 3. The van der Waals surface area contributed by atoms with Crippen molar-refractivity contribution in [3.05, 3.63) is 64.7 Å². The lowest BCUT2D eigenvalue weighted by atomic mass is 10.1. The molecule has 3 rings (SSSR count). The van der Waals surface area contributed by atoms with Crippen LogP contribution in [0.5, 0.6) is 5.75 Å². The topological polar surface area (TPSA) is 63.7 Å². The summed E-state index contributed by atoms with van der Waals surface area (Å²) < 4.78 is 66.0. The predicted octanol–water partition coefficient (Wildman–Crippen LogP) is 4.24. The summed E-state index contributed by atoms with van der Waals surface area (Å²) >= 11 is 6.16. The van der Waals surface area contributed by atoms with Crippen LogP contribution in [0.4, 0.5) is 13.2 Å². The lowest BCUT2D eigenvalue weighted by Gasteiger charge is -2.20. The fraction of sp³-hybridized carbons (Fsp3) is 0.316. The highest BCUT2D eigenvalue weighted by Gasteiger charge is 2.34. The molecule has 1 atom stereocenters. The Hall–Kier alpha value is -2.26. The van der Waals surface area contributed by atoms with Crippen LogP contribution in [0.15, 0.2) is 48.5 Å². The molecule has 0 saturated carbocycles. The molecule has 2 aromatic rings. The third kappa shape index (κ3) is 5.22. The maximum atomic E-state index is 12.7. The zero-order chi connectivity index (χ0) is 21.2. The van der Waals surface area contributed by atoms with Crippen LogP contribution >= 0.6 is 11.6 Å². The first-order valence-electron chi connectivity index (χ1n) is 8.68. The Balaban J connectivity index is 1.76. The highest BCUT2D eigenvalue weighted by Crippen LogP contribution is 2.34. The number of benzene rings is 2. The largest absolute Gasteiger partial charge is 0.573 e. The van der Waals surface area contributed by atoms with Gasteiger partial charge in [0.1, 0.15) is 5.75 Å². The van der Waals surface area contributed by atoms with Gasteiger partial charge in [-0.3, -0.25) is 4.79 Å². The van der Waals surface area contributed by atoms with Crippen molar-refractivity contribution in [2.75, 3.05) is 18.8 Å². The van der Waals surface area contributed by atoms with Gasteiger partial charge in [0.25, 0.3) is 5.91 Å². The maximum Gasteiger partial charge on any atom is 0.573 e. The molecule has 5 nitrogen and oxygen atoms in total. The molecule has 0 aliphatic carbocycles. The number of nitrogens with zero attached hydrogens (tertiary/aromatic N) is 1. The van der Waals surface area contributed by atoms with Gasteiger partial charge < -0.3 is 9.64 Å². The van der Waals surface area contributed by atoms with Gasteiger partial charge >= 0.3 is 6.36 Å². The molecule has 0 aromatic heterocycles. The van der Waals surface area contributed by atoms with Gasteiger partial charge in [0.15, 0.2) is 9.84 Å². The average molecular weight is 448 g/mol. The highest BCUT2D eigenvalue weighted by atomic mass is 35.5. The quantitative estimate of drug-likeness (QED) is 0.706. The van der Waals surface area contributed by atoms with Crippen molar-refractivity contribution in [2.24, 2.45) is 0 Å². The molecule has 1 amide bonds. The summed E-state index contributed by atoms with van der Waals surface area (Å²) in [5.74, 6) is -1.13. The van der Waals surface area contributed by atoms with E-state index in [4.69, 9.17) is 11.6 Å². The molecule has 0 radical (unpaired) electrons. The Morgan fingerprint density at radius 3 is 2.34 bits per heavy atom. The van der Waals surface area contributed by atoms with Gasteiger partial charge in [0.05, 0.1) is 11.0 Å². The van der Waals surface area contributed by atoms with Gasteiger partial charge in [-0.1, -0.05) is 29.8 Å². The normalized spacial score (nSPS) is 19.4. The van der Waals surface area contributed by atoms with Crippen molar-refractivity contribution in [2.45, 2.75) is 18.0 Å². The number of hydrogen-bond acceptors (Lipinski definition) is 4. The summed E-state index contributed by atoms with van der Waals surface area (Å²) in [5, 5.41) is -0.474. The number of rotatable bonds is 3. The number of sulfone groups is 1. The van der Waals surface area contributed by atoms with E-state index in [1.54, 1.807) is 24.3 Å². The Bertz CT molecular complexity index is 993. The lowest BCUT2D eigenvalue weighted by Crippen LogP contribution is -2.33. The van der Waals surface area contributed by atoms with Gasteiger partial charge in [-0.2, -0.15) is 0 Å². The Labute approximate surface area is 170 Å². The van der Waals surface area contributed by atoms with E-state index in [-0.39, 0.29) is 30.8 Å². The molecular formula is C19H17ClF3NO4S. The molecule has 1 aliphatic heterocycles. The molecule has 2 aromatic carbocycles. The second-order valence-electron chi connectivity index (χ2n) is 6.53. The van der Waals surface area contributed by atoms with Crippen LogP contribution in [0.2, 0.25) is 5.02 Å². The average Bonchev–Trinajstić information content (AvgIpc) is 2.79. The fourth-order valence-corrected chi connectivity index (χ4v) is 5.36. The zero-order valence-electron chi connectivity index (χ0n) is 15.0. The van der Waals surface area contributed by atoms with Gasteiger partial charge in [-0.05, 0) is 42.3 Å². The maximum absolute atomic E-state index is 12.7. The third-order valence-corrected chi connectivity index (χ3v) is 7.07. The predicted molar refractivity (Wildman–Crippen MR) is 102 cm³/mol. The van der Waals surface area contributed by atoms with E-state index in [1.807, 2.05) is 0 Å². The zero-order valence-corrected chi connectivity index (χ0v) is 16.6. The lowest BCUT2D eigenvalue weighted by molar-refractivity contribution is -0.274. The summed E-state index contributed by atoms with van der Waals surface area (Å²) in [4.78, 5) is 14.1. The van der Waals surface area contributed by atoms with Crippen LogP contribution in [0.1, 0.15) is 27.6 Å². The number of amides is 1. The van der Waals surface area contributed by atoms with E-state index < -0.39 is 33.1 Å². The number of ether oxygens (including phenoxy) is 1. The second kappa shape index (κ2) is 8.23. The molecule has 1 fully saturated rings. The van der Waals surface area contributed by atoms with Crippen molar-refractivity contribution in [3.8, 4) is 5.75 Å². The molecule has 156 valence electrons. The van der Waals surface area contributed by atoms with Crippen molar-refractivity contribution in [3.63, 3.8) is 0 Å². The molecule has 29 heavy (non-hydrogen) atoms. The van der Waals surface area contributed by atoms with Gasteiger partial charge in [-0.25, -0.2) is 8.42 Å². The standard InChI is InChI=1S/C19H17ClF3NO4S/c20-16-4-2-1-3-15(16)17-9-10-24(11-12-29(17,26)27)18(25)13-5-7-14(8-6-13)28-19(21,22)23/h1-8,17H,9-12H2. The molecule has 0 bridgehead atoms. The van der Waals surface area contributed by atoms with Gasteiger partial charge in [0, 0.05) is 23.7 Å². The molecule has 0 spiro atoms. The Morgan fingerprint density at radius 2 is 1.72 bits per heavy atom. The molecule has 1 unspecified atom stereocenters. The minimum atomic E-state index is -4.82. The number of carbonyl (C=O) groups is 1. The fourth-order valence-electron chi connectivity index (χ4n) is 3.21. The van der Waals surface area contributed by atoms with E-state index in [0.717, 1.165) is 12.1 Å². The van der Waals surface area contributed by atoms with Gasteiger partial charge in [-0.15, -0.1) is 13.2 Å². The first-order chi connectivity index (χ1) is 13.6. The first-order valence-corrected chi connectivity index (χ1v) is 10.8. The van der Waals surface area contributed by atoms with E-state index in [2.05, 4.69) is 4.74 Å². The van der Waals surface area contributed by atoms with Crippen LogP contribution in [0.3, 0.4) is 0 Å². The van der Waals surface area contributed by atoms with Crippen LogP contribution in [-0.4, -0.2) is 44.4 Å². The van der Waals surface area contributed by atoms with E-state index >= 15 is 0 Å². The summed E-state index contributed by atoms with van der Waals surface area (Å²) in [6.07, 6.45) is -4.65. The van der Waals surface area contributed by atoms with Gasteiger partial charge in [0.2, 0.25) is 0 Å². The van der Waals surface area contributed by atoms with Crippen molar-refractivity contribution >= 4 is 27.3 Å². The third-order valence-electron chi connectivity index (χ3n) is 4.61. The Kier molecular flexibility index (Phi) is 6.09. The van der Waals surface area contributed by atoms with Crippen molar-refractivity contribution < 1.29 is 31.1 Å². The minimum Gasteiger partial charge on any atom is -0.406 e. The molecule has 1 heterocycles. The molecular weight excluding hydrogens is 431 g/mol. The molecule has 1 aliphatic rings. The summed E-state index contributed by atoms with van der Waals surface area (Å²) in [5.41, 5.74) is 0.644. The second-order valence-corrected chi connectivity index (χ2v) is 9.24. The summed E-state index contributed by atoms with van der Waals surface area (Å²) in [6.45, 7) is 0.164. The summed E-state index contributed by atoms with van der Waals surface area (Å²) in [7, 11) is -3.53. The van der Waals surface area contributed by atoms with Crippen LogP contribution in [-0.2, 0) is 9.84 Å². The van der Waals surface area contributed by atoms with Crippen molar-refractivity contribution in [1.82, 2.24) is 4.90 Å². The van der Waals surface area contributed by atoms with E-state index in [9.17, 15) is 26.4 Å². The minimum absolute atomic E-state index is 0.0110. The number of halogens is 4. The summed E-state index contributed by atoms with van der Waals surface area (Å²) in [6, 6.07) is 11.2. The SMILES string of the molecule is O=C(c1ccc(OC(F)(F)F)cc1)N1CCC(c2ccccc2Cl)S(=O)(=O)CC1. The van der Waals surface area contributed by atoms with Crippen LogP contribution in [0, 0.1) is 0 Å². The van der Waals surface area contributed by atoms with Crippen LogP contribution in [0.25, 0.3) is 0 Å². The Morgan fingerprint density at radius 1 is 1.07 bits per heavy atom. The first kappa shape index (κ1) is 21.4. The number of carbonyl (C=O) groups excluding carboxylic acids is 1. The molecule has 0 N–H and O–H groups in total. The van der Waals surface area contributed by atoms with Crippen LogP contribution < -0.4 is 4.74 Å². The van der Waals surface area contributed by atoms with E-state index in [0.29, 0.717) is 10.6 Å². The van der Waals surface area contributed by atoms with E-state index in [1.165, 1.54) is 17.0 Å². The van der Waals surface area contributed by atoms with Crippen molar-refractivity contribution in [1.29, 1.82) is 0 Å². The molecule has 1 saturated heterocycles. The monoisotopic (exact) mass is 447 g/mol.